The van der Waals surface area contributed by atoms with Crippen molar-refractivity contribution in [3.05, 3.63) is 18.5 Å². The van der Waals surface area contributed by atoms with Gasteiger partial charge in [-0.2, -0.15) is 0 Å². The van der Waals surface area contributed by atoms with Gasteiger partial charge in [-0.3, -0.25) is 0 Å². The summed E-state index contributed by atoms with van der Waals surface area (Å²) in [6.07, 6.45) is 9.42. The van der Waals surface area contributed by atoms with Crippen LogP contribution in [-0.2, 0) is 10.0 Å². The maximum atomic E-state index is 12.0. The first-order valence-corrected chi connectivity index (χ1v) is 7.92. The molecule has 0 aliphatic heterocycles. The molecule has 102 valence electrons. The van der Waals surface area contributed by atoms with Crippen molar-refractivity contribution in [2.45, 2.75) is 49.0 Å². The third-order valence-electron chi connectivity index (χ3n) is 3.59. The molecular weight excluding hydrogens is 250 g/mol. The second-order valence-corrected chi connectivity index (χ2v) is 6.91. The molecule has 0 amide bonds. The first-order chi connectivity index (χ1) is 8.52. The molecule has 2 rings (SSSR count). The van der Waals surface area contributed by atoms with Crippen LogP contribution in [0, 0.1) is 0 Å². The van der Waals surface area contributed by atoms with E-state index in [1.165, 1.54) is 19.0 Å². The molecular formula is C12H21N3O2S. The van der Waals surface area contributed by atoms with Crippen LogP contribution < -0.4 is 10.5 Å². The highest BCUT2D eigenvalue weighted by atomic mass is 32.2. The van der Waals surface area contributed by atoms with E-state index < -0.39 is 10.0 Å². The molecule has 0 bridgehead atoms. The maximum Gasteiger partial charge on any atom is 0.242 e. The van der Waals surface area contributed by atoms with Gasteiger partial charge < -0.3 is 10.7 Å². The van der Waals surface area contributed by atoms with Gasteiger partial charge in [-0.15, -0.1) is 0 Å². The number of aromatic amines is 1. The van der Waals surface area contributed by atoms with Crippen molar-refractivity contribution in [3.8, 4) is 0 Å². The van der Waals surface area contributed by atoms with Crippen LogP contribution >= 0.6 is 0 Å². The van der Waals surface area contributed by atoms with E-state index in [-0.39, 0.29) is 10.4 Å². The molecule has 1 aliphatic rings. The van der Waals surface area contributed by atoms with E-state index in [9.17, 15) is 8.42 Å². The van der Waals surface area contributed by atoms with E-state index in [4.69, 9.17) is 5.73 Å². The molecule has 18 heavy (non-hydrogen) atoms. The van der Waals surface area contributed by atoms with Crippen LogP contribution in [0.15, 0.2) is 23.4 Å². The minimum Gasteiger partial charge on any atom is -0.366 e. The number of sulfonamides is 1. The van der Waals surface area contributed by atoms with Crippen LogP contribution in [0.3, 0.4) is 0 Å². The highest BCUT2D eigenvalue weighted by Gasteiger charge is 2.28. The zero-order valence-electron chi connectivity index (χ0n) is 10.5. The maximum absolute atomic E-state index is 12.0. The Labute approximate surface area is 108 Å². The summed E-state index contributed by atoms with van der Waals surface area (Å²) in [5, 5.41) is 0. The fourth-order valence-electron chi connectivity index (χ4n) is 2.41. The molecule has 1 aromatic rings. The van der Waals surface area contributed by atoms with Crippen molar-refractivity contribution >= 4 is 10.0 Å². The Bertz CT molecular complexity index is 460. The summed E-state index contributed by atoms with van der Waals surface area (Å²) in [6.45, 7) is 0.320. The second-order valence-electron chi connectivity index (χ2n) is 5.15. The van der Waals surface area contributed by atoms with Crippen molar-refractivity contribution in [1.29, 1.82) is 0 Å². The van der Waals surface area contributed by atoms with Crippen molar-refractivity contribution in [3.63, 3.8) is 0 Å². The van der Waals surface area contributed by atoms with E-state index in [1.54, 1.807) is 12.3 Å². The monoisotopic (exact) mass is 271 g/mol. The smallest absolute Gasteiger partial charge is 0.242 e. The van der Waals surface area contributed by atoms with Crippen LogP contribution in [-0.4, -0.2) is 25.5 Å². The predicted octanol–water partition coefficient (Wildman–Crippen LogP) is 1.34. The van der Waals surface area contributed by atoms with E-state index in [0.717, 1.165) is 25.7 Å². The Morgan fingerprint density at radius 3 is 2.50 bits per heavy atom. The number of rotatable bonds is 4. The molecule has 1 aromatic heterocycles. The number of hydrogen-bond donors (Lipinski definition) is 3. The first kappa shape index (κ1) is 13.6. The molecule has 6 heteroatoms. The first-order valence-electron chi connectivity index (χ1n) is 6.43. The third-order valence-corrected chi connectivity index (χ3v) is 4.99. The molecule has 0 radical (unpaired) electrons. The van der Waals surface area contributed by atoms with Crippen LogP contribution in [0.4, 0.5) is 0 Å². The molecule has 1 fully saturated rings. The van der Waals surface area contributed by atoms with E-state index in [2.05, 4.69) is 9.71 Å². The lowest BCUT2D eigenvalue weighted by Gasteiger charge is -2.28. The SMILES string of the molecule is NC1(CNS(=O)(=O)c2cc[nH]c2)CCCCCC1. The standard InChI is InChI=1S/C12H21N3O2S/c13-12(6-3-1-2-4-7-12)10-15-18(16,17)11-5-8-14-9-11/h5,8-9,14-15H,1-4,6-7,10,13H2. The summed E-state index contributed by atoms with van der Waals surface area (Å²) in [7, 11) is -3.43. The number of hydrogen-bond acceptors (Lipinski definition) is 3. The quantitative estimate of drug-likeness (QED) is 0.722. The lowest BCUT2D eigenvalue weighted by Crippen LogP contribution is -2.49. The molecule has 0 saturated heterocycles. The summed E-state index contributed by atoms with van der Waals surface area (Å²) in [5.41, 5.74) is 5.90. The molecule has 0 aromatic carbocycles. The van der Waals surface area contributed by atoms with Gasteiger partial charge in [-0.05, 0) is 18.9 Å². The summed E-state index contributed by atoms with van der Waals surface area (Å²) in [4.78, 5) is 3.01. The normalized spacial score (nSPS) is 20.5. The van der Waals surface area contributed by atoms with Crippen LogP contribution in [0.5, 0.6) is 0 Å². The molecule has 5 nitrogen and oxygen atoms in total. The number of nitrogens with two attached hydrogens (primary N) is 1. The minimum atomic E-state index is -3.43. The van der Waals surface area contributed by atoms with Gasteiger partial charge in [0.15, 0.2) is 0 Å². The lowest BCUT2D eigenvalue weighted by molar-refractivity contribution is 0.369. The molecule has 1 aliphatic carbocycles. The zero-order valence-corrected chi connectivity index (χ0v) is 11.3. The van der Waals surface area contributed by atoms with Crippen molar-refractivity contribution in [2.24, 2.45) is 5.73 Å². The fraction of sp³-hybridized carbons (Fsp3) is 0.667. The van der Waals surface area contributed by atoms with Gasteiger partial charge in [-0.1, -0.05) is 25.7 Å². The topological polar surface area (TPSA) is 88.0 Å². The fourth-order valence-corrected chi connectivity index (χ4v) is 3.52. The van der Waals surface area contributed by atoms with E-state index in [1.807, 2.05) is 0 Å². The van der Waals surface area contributed by atoms with E-state index in [0.29, 0.717) is 6.54 Å². The predicted molar refractivity (Wildman–Crippen MR) is 70.6 cm³/mol. The highest BCUT2D eigenvalue weighted by Crippen LogP contribution is 2.24. The molecule has 1 saturated carbocycles. The van der Waals surface area contributed by atoms with Gasteiger partial charge >= 0.3 is 0 Å². The average molecular weight is 271 g/mol. The van der Waals surface area contributed by atoms with Gasteiger partial charge in [0, 0.05) is 24.5 Å². The van der Waals surface area contributed by atoms with Gasteiger partial charge in [0.25, 0.3) is 0 Å². The summed E-state index contributed by atoms with van der Waals surface area (Å²) >= 11 is 0. The lowest BCUT2D eigenvalue weighted by atomic mass is 9.92. The van der Waals surface area contributed by atoms with Crippen LogP contribution in [0.25, 0.3) is 0 Å². The molecule has 1 heterocycles. The Morgan fingerprint density at radius 1 is 1.28 bits per heavy atom. The van der Waals surface area contributed by atoms with Gasteiger partial charge in [0.1, 0.15) is 0 Å². The van der Waals surface area contributed by atoms with Crippen molar-refractivity contribution in [2.75, 3.05) is 6.54 Å². The molecule has 0 atom stereocenters. The average Bonchev–Trinajstić information content (AvgIpc) is 2.79. The van der Waals surface area contributed by atoms with Gasteiger partial charge in [-0.25, -0.2) is 13.1 Å². The Kier molecular flexibility index (Phi) is 4.09. The summed E-state index contributed by atoms with van der Waals surface area (Å²) < 4.78 is 26.6. The second kappa shape index (κ2) is 5.42. The summed E-state index contributed by atoms with van der Waals surface area (Å²) in [5.74, 6) is 0. The Hall–Kier alpha value is -0.850. The highest BCUT2D eigenvalue weighted by molar-refractivity contribution is 7.89. The van der Waals surface area contributed by atoms with Crippen molar-refractivity contribution in [1.82, 2.24) is 9.71 Å². The number of nitrogens with one attached hydrogen (secondary N) is 2. The zero-order chi connectivity index (χ0) is 13.1. The Morgan fingerprint density at radius 2 is 1.94 bits per heavy atom. The van der Waals surface area contributed by atoms with Gasteiger partial charge in [0.05, 0.1) is 4.90 Å². The van der Waals surface area contributed by atoms with Gasteiger partial charge in [0.2, 0.25) is 10.0 Å². The Balaban J connectivity index is 1.98. The minimum absolute atomic E-state index is 0.264. The number of H-pyrrole nitrogens is 1. The van der Waals surface area contributed by atoms with Crippen molar-refractivity contribution < 1.29 is 8.42 Å². The molecule has 0 unspecified atom stereocenters. The largest absolute Gasteiger partial charge is 0.366 e. The van der Waals surface area contributed by atoms with Crippen LogP contribution in [0.2, 0.25) is 0 Å². The van der Waals surface area contributed by atoms with E-state index >= 15 is 0 Å². The number of aromatic nitrogens is 1. The molecule has 0 spiro atoms. The third kappa shape index (κ3) is 3.34. The molecule has 4 N–H and O–H groups in total. The summed E-state index contributed by atoms with van der Waals surface area (Å²) in [6, 6.07) is 1.54. The van der Waals surface area contributed by atoms with Crippen LogP contribution in [0.1, 0.15) is 38.5 Å².